The summed E-state index contributed by atoms with van der Waals surface area (Å²) < 4.78 is 102. The largest absolute Gasteiger partial charge is 0.754 e. The second kappa shape index (κ2) is 9.14. The minimum absolute atomic E-state index is 0.108. The SMILES string of the molecule is CCC(NC(=O)NN(c1ccc(-c2ccccc2)cc1)S(=O)[O-])(C(F)(F)F)C(F)(F)F. The van der Waals surface area contributed by atoms with E-state index in [0.717, 1.165) is 10.9 Å². The Morgan fingerprint density at radius 1 is 0.935 bits per heavy atom. The third kappa shape index (κ3) is 5.28. The summed E-state index contributed by atoms with van der Waals surface area (Å²) in [7, 11) is 0. The Labute approximate surface area is 175 Å². The van der Waals surface area contributed by atoms with Gasteiger partial charge in [0.05, 0.1) is 17.0 Å². The summed E-state index contributed by atoms with van der Waals surface area (Å²) >= 11 is -3.25. The Bertz CT molecular complexity index is 906. The van der Waals surface area contributed by atoms with E-state index in [1.807, 2.05) is 0 Å². The van der Waals surface area contributed by atoms with Crippen molar-refractivity contribution >= 4 is 23.0 Å². The molecule has 2 N–H and O–H groups in total. The smallest absolute Gasteiger partial charge is 0.420 e. The molecular weight excluding hydrogens is 452 g/mol. The molecule has 0 radical (unpaired) electrons. The first kappa shape index (κ1) is 24.5. The molecule has 0 bridgehead atoms. The first-order chi connectivity index (χ1) is 14.3. The highest BCUT2D eigenvalue weighted by Gasteiger charge is 2.70. The van der Waals surface area contributed by atoms with Crippen molar-refractivity contribution in [1.82, 2.24) is 10.7 Å². The van der Waals surface area contributed by atoms with Gasteiger partial charge in [0, 0.05) is 0 Å². The average molecular weight is 468 g/mol. The number of hydrogen-bond donors (Lipinski definition) is 2. The van der Waals surface area contributed by atoms with Gasteiger partial charge in [0.1, 0.15) is 0 Å². The highest BCUT2D eigenvalue weighted by molar-refractivity contribution is 7.80. The van der Waals surface area contributed by atoms with Crippen molar-refractivity contribution < 1.29 is 39.9 Å². The number of benzene rings is 2. The van der Waals surface area contributed by atoms with Crippen LogP contribution in [0.4, 0.5) is 36.8 Å². The van der Waals surface area contributed by atoms with Gasteiger partial charge in [-0.1, -0.05) is 49.4 Å². The maximum atomic E-state index is 13.2. The third-order valence-corrected chi connectivity index (χ3v) is 4.99. The van der Waals surface area contributed by atoms with E-state index in [9.17, 15) is 39.9 Å². The van der Waals surface area contributed by atoms with Crippen molar-refractivity contribution in [2.24, 2.45) is 0 Å². The number of urea groups is 1. The predicted molar refractivity (Wildman–Crippen MR) is 100 cm³/mol. The maximum absolute atomic E-state index is 13.2. The lowest BCUT2D eigenvalue weighted by Crippen LogP contribution is -2.69. The zero-order chi connectivity index (χ0) is 23.4. The van der Waals surface area contributed by atoms with E-state index >= 15 is 0 Å². The summed E-state index contributed by atoms with van der Waals surface area (Å²) in [6.07, 6.45) is -13.3. The number of rotatable bonds is 6. The minimum Gasteiger partial charge on any atom is -0.754 e. The minimum atomic E-state index is -5.88. The number of halogens is 6. The number of nitrogens with one attached hydrogen (secondary N) is 2. The van der Waals surface area contributed by atoms with E-state index in [4.69, 9.17) is 0 Å². The van der Waals surface area contributed by atoms with Crippen LogP contribution in [-0.4, -0.2) is 32.7 Å². The molecule has 0 fully saturated rings. The average Bonchev–Trinajstić information content (AvgIpc) is 2.69. The van der Waals surface area contributed by atoms with E-state index in [1.165, 1.54) is 29.7 Å². The first-order valence-electron chi connectivity index (χ1n) is 8.59. The van der Waals surface area contributed by atoms with Gasteiger partial charge in [0.2, 0.25) is 5.54 Å². The van der Waals surface area contributed by atoms with Gasteiger partial charge < -0.3 is 9.87 Å². The summed E-state index contributed by atoms with van der Waals surface area (Å²) in [6, 6.07) is 12.2. The third-order valence-electron chi connectivity index (χ3n) is 4.39. The van der Waals surface area contributed by atoms with Crippen LogP contribution in [0.25, 0.3) is 11.1 Å². The van der Waals surface area contributed by atoms with Gasteiger partial charge in [-0.2, -0.15) is 26.3 Å². The van der Waals surface area contributed by atoms with E-state index in [0.29, 0.717) is 12.5 Å². The molecule has 6 nitrogen and oxygen atoms in total. The van der Waals surface area contributed by atoms with Crippen LogP contribution in [0.3, 0.4) is 0 Å². The molecular formula is C18H16F6N3O3S-. The second-order valence-electron chi connectivity index (χ2n) is 6.24. The predicted octanol–water partition coefficient (Wildman–Crippen LogP) is 4.44. The molecule has 13 heteroatoms. The topological polar surface area (TPSA) is 84.5 Å². The molecule has 170 valence electrons. The van der Waals surface area contributed by atoms with E-state index in [2.05, 4.69) is 0 Å². The summed E-state index contributed by atoms with van der Waals surface area (Å²) in [4.78, 5) is 12.0. The van der Waals surface area contributed by atoms with Gasteiger partial charge in [-0.3, -0.25) is 4.21 Å². The second-order valence-corrected chi connectivity index (χ2v) is 7.04. The zero-order valence-electron chi connectivity index (χ0n) is 15.8. The normalized spacial score (nSPS) is 13.4. The molecule has 31 heavy (non-hydrogen) atoms. The highest BCUT2D eigenvalue weighted by Crippen LogP contribution is 2.45. The van der Waals surface area contributed by atoms with Crippen LogP contribution >= 0.6 is 0 Å². The molecule has 0 saturated heterocycles. The lowest BCUT2D eigenvalue weighted by Gasteiger charge is -2.38. The number of carbonyl (C=O) groups excluding carboxylic acids is 1. The standard InChI is InChI=1S/C18H17F6N3O3S/c1-2-16(17(19,20)21,18(22,23)24)25-15(28)26-27(31(29)30)14-10-8-13(9-11-14)12-6-4-3-5-7-12/h3-11H,2H2,1H3,(H,29,30)(H2,25,26,28)/p-1. The maximum Gasteiger partial charge on any atom is 0.420 e. The molecule has 2 aromatic carbocycles. The molecule has 0 heterocycles. The van der Waals surface area contributed by atoms with Crippen LogP contribution in [0.2, 0.25) is 0 Å². The van der Waals surface area contributed by atoms with Crippen molar-refractivity contribution in [3.8, 4) is 11.1 Å². The van der Waals surface area contributed by atoms with E-state index < -0.39 is 41.6 Å². The van der Waals surface area contributed by atoms with Gasteiger partial charge >= 0.3 is 18.4 Å². The lowest BCUT2D eigenvalue weighted by molar-refractivity contribution is -0.304. The van der Waals surface area contributed by atoms with Crippen LogP contribution in [-0.2, 0) is 11.3 Å². The highest BCUT2D eigenvalue weighted by atomic mass is 32.2. The summed E-state index contributed by atoms with van der Waals surface area (Å²) in [5.41, 5.74) is -1.85. The van der Waals surface area contributed by atoms with Crippen LogP contribution in [0, 0.1) is 0 Å². The number of nitrogens with zero attached hydrogens (tertiary/aromatic N) is 1. The molecule has 0 spiro atoms. The van der Waals surface area contributed by atoms with Crippen LogP contribution in [0.15, 0.2) is 54.6 Å². The van der Waals surface area contributed by atoms with E-state index in [-0.39, 0.29) is 10.1 Å². The monoisotopic (exact) mass is 468 g/mol. The Morgan fingerprint density at radius 2 is 1.42 bits per heavy atom. The van der Waals surface area contributed by atoms with Crippen LogP contribution < -0.4 is 15.2 Å². The Kier molecular flexibility index (Phi) is 7.21. The molecule has 2 amide bonds. The molecule has 1 atom stereocenters. The quantitative estimate of drug-likeness (QED) is 0.374. The number of amides is 2. The molecule has 0 aliphatic rings. The fourth-order valence-electron chi connectivity index (χ4n) is 2.71. The van der Waals surface area contributed by atoms with E-state index in [1.54, 1.807) is 30.3 Å². The summed E-state index contributed by atoms with van der Waals surface area (Å²) in [5, 5.41) is 0.837. The number of carbonyl (C=O) groups is 1. The van der Waals surface area contributed by atoms with Crippen molar-refractivity contribution in [2.75, 3.05) is 4.41 Å². The van der Waals surface area contributed by atoms with Crippen molar-refractivity contribution in [2.45, 2.75) is 31.2 Å². The lowest BCUT2D eigenvalue weighted by atomic mass is 9.94. The number of hydrogen-bond acceptors (Lipinski definition) is 3. The van der Waals surface area contributed by atoms with Crippen molar-refractivity contribution in [3.63, 3.8) is 0 Å². The molecule has 0 aromatic heterocycles. The number of hydrazine groups is 1. The van der Waals surface area contributed by atoms with Crippen molar-refractivity contribution in [3.05, 3.63) is 54.6 Å². The van der Waals surface area contributed by atoms with Gasteiger partial charge in [-0.15, -0.1) is 0 Å². The molecule has 0 saturated carbocycles. The Morgan fingerprint density at radius 3 is 1.84 bits per heavy atom. The van der Waals surface area contributed by atoms with Crippen LogP contribution in [0.1, 0.15) is 13.3 Å². The summed E-state index contributed by atoms with van der Waals surface area (Å²) in [5.74, 6) is 0. The molecule has 2 aromatic rings. The fourth-order valence-corrected chi connectivity index (χ4v) is 3.16. The zero-order valence-corrected chi connectivity index (χ0v) is 16.6. The molecule has 1 unspecified atom stereocenters. The van der Waals surface area contributed by atoms with Gasteiger partial charge in [0.15, 0.2) is 0 Å². The number of anilines is 1. The van der Waals surface area contributed by atoms with Gasteiger partial charge in [-0.05, 0) is 29.7 Å². The van der Waals surface area contributed by atoms with Crippen LogP contribution in [0.5, 0.6) is 0 Å². The van der Waals surface area contributed by atoms with Gasteiger partial charge in [-0.25, -0.2) is 14.6 Å². The number of alkyl halides is 6. The van der Waals surface area contributed by atoms with Gasteiger partial charge in [0.25, 0.3) is 0 Å². The molecule has 0 aliphatic heterocycles. The summed E-state index contributed by atoms with van der Waals surface area (Å²) in [6.45, 7) is 0.590. The fraction of sp³-hybridized carbons (Fsp3) is 0.278. The first-order valence-corrected chi connectivity index (χ1v) is 9.63. The molecule has 2 rings (SSSR count). The molecule has 0 aliphatic carbocycles. The van der Waals surface area contributed by atoms with Crippen molar-refractivity contribution in [1.29, 1.82) is 0 Å². The Balaban J connectivity index is 2.27. The Hall–Kier alpha value is -2.80.